The van der Waals surface area contributed by atoms with Gasteiger partial charge >= 0.3 is 0 Å². The molecule has 3 nitrogen and oxygen atoms in total. The molecule has 1 aliphatic rings. The molecule has 0 heterocycles. The van der Waals surface area contributed by atoms with Crippen molar-refractivity contribution in [3.05, 3.63) is 0 Å². The van der Waals surface area contributed by atoms with Crippen LogP contribution in [-0.4, -0.2) is 31.7 Å². The molecule has 1 saturated carbocycles. The van der Waals surface area contributed by atoms with Crippen molar-refractivity contribution in [2.45, 2.75) is 45.6 Å². The average Bonchev–Trinajstić information content (AvgIpc) is 2.17. The highest BCUT2D eigenvalue weighted by atomic mass is 16.5. The van der Waals surface area contributed by atoms with Gasteiger partial charge in [-0.2, -0.15) is 0 Å². The molecule has 0 N–H and O–H groups in total. The summed E-state index contributed by atoms with van der Waals surface area (Å²) in [5, 5.41) is 0. The Balaban J connectivity index is 1.97. The molecule has 1 unspecified atom stereocenters. The summed E-state index contributed by atoms with van der Waals surface area (Å²) in [6.07, 6.45) is 3.49. The number of carbonyl (C=O) groups is 1. The van der Waals surface area contributed by atoms with Crippen LogP contribution < -0.4 is 0 Å². The average molecular weight is 214 g/mol. The topological polar surface area (TPSA) is 35.5 Å². The Kier molecular flexibility index (Phi) is 5.88. The molecule has 0 amide bonds. The van der Waals surface area contributed by atoms with E-state index >= 15 is 0 Å². The second-order valence-electron chi connectivity index (χ2n) is 4.60. The summed E-state index contributed by atoms with van der Waals surface area (Å²) < 4.78 is 11.0. The molecule has 1 atom stereocenters. The molecule has 15 heavy (non-hydrogen) atoms. The van der Waals surface area contributed by atoms with E-state index < -0.39 is 0 Å². The molecule has 0 bridgehead atoms. The molecule has 0 aliphatic heterocycles. The standard InChI is InChI=1S/C12H22O3/c1-10(2)9-14-6-7-15-12-5-3-4-11(13)8-12/h10,12H,3-9H2,1-2H3. The third-order valence-electron chi connectivity index (χ3n) is 2.47. The van der Waals surface area contributed by atoms with E-state index in [1.165, 1.54) is 0 Å². The van der Waals surface area contributed by atoms with Crippen molar-refractivity contribution in [1.29, 1.82) is 0 Å². The molecular weight excluding hydrogens is 192 g/mol. The lowest BCUT2D eigenvalue weighted by Gasteiger charge is -2.21. The van der Waals surface area contributed by atoms with Gasteiger partial charge in [-0.15, -0.1) is 0 Å². The number of ketones is 1. The van der Waals surface area contributed by atoms with E-state index in [0.717, 1.165) is 25.9 Å². The predicted molar refractivity (Wildman–Crippen MR) is 58.9 cm³/mol. The van der Waals surface area contributed by atoms with Crippen molar-refractivity contribution in [3.8, 4) is 0 Å². The Morgan fingerprint density at radius 1 is 1.40 bits per heavy atom. The molecular formula is C12H22O3. The Labute approximate surface area is 92.1 Å². The Morgan fingerprint density at radius 3 is 2.87 bits per heavy atom. The van der Waals surface area contributed by atoms with Crippen LogP contribution in [-0.2, 0) is 14.3 Å². The van der Waals surface area contributed by atoms with E-state index in [1.54, 1.807) is 0 Å². The summed E-state index contributed by atoms with van der Waals surface area (Å²) in [6, 6.07) is 0. The minimum absolute atomic E-state index is 0.147. The summed E-state index contributed by atoms with van der Waals surface area (Å²) in [7, 11) is 0. The fraction of sp³-hybridized carbons (Fsp3) is 0.917. The third kappa shape index (κ3) is 5.90. The van der Waals surface area contributed by atoms with Gasteiger partial charge in [0.1, 0.15) is 5.78 Å². The minimum Gasteiger partial charge on any atom is -0.379 e. The summed E-state index contributed by atoms with van der Waals surface area (Å²) in [4.78, 5) is 11.1. The van der Waals surface area contributed by atoms with E-state index in [4.69, 9.17) is 9.47 Å². The first kappa shape index (κ1) is 12.7. The first-order valence-corrected chi connectivity index (χ1v) is 5.89. The number of rotatable bonds is 6. The van der Waals surface area contributed by atoms with Gasteiger partial charge in [0.05, 0.1) is 19.3 Å². The van der Waals surface area contributed by atoms with Crippen LogP contribution in [0, 0.1) is 5.92 Å². The van der Waals surface area contributed by atoms with Gasteiger partial charge < -0.3 is 9.47 Å². The van der Waals surface area contributed by atoms with E-state index in [1.807, 2.05) is 0 Å². The van der Waals surface area contributed by atoms with Crippen LogP contribution in [0.1, 0.15) is 39.5 Å². The molecule has 1 rings (SSSR count). The Hall–Kier alpha value is -0.410. The largest absolute Gasteiger partial charge is 0.379 e. The molecule has 3 heteroatoms. The molecule has 0 spiro atoms. The fourth-order valence-electron chi connectivity index (χ4n) is 1.72. The Morgan fingerprint density at radius 2 is 2.20 bits per heavy atom. The number of Topliss-reactive ketones (excluding diaryl/α,β-unsaturated/α-hetero) is 1. The smallest absolute Gasteiger partial charge is 0.135 e. The SMILES string of the molecule is CC(C)COCCOC1CCCC(=O)C1. The Bertz CT molecular complexity index is 189. The second-order valence-corrected chi connectivity index (χ2v) is 4.60. The zero-order chi connectivity index (χ0) is 11.1. The van der Waals surface area contributed by atoms with Crippen LogP contribution in [0.2, 0.25) is 0 Å². The van der Waals surface area contributed by atoms with Crippen LogP contribution in [0.4, 0.5) is 0 Å². The van der Waals surface area contributed by atoms with Gasteiger partial charge in [0.25, 0.3) is 0 Å². The number of carbonyl (C=O) groups excluding carboxylic acids is 1. The van der Waals surface area contributed by atoms with Crippen LogP contribution in [0.15, 0.2) is 0 Å². The lowest BCUT2D eigenvalue weighted by molar-refractivity contribution is -0.125. The third-order valence-corrected chi connectivity index (χ3v) is 2.47. The lowest BCUT2D eigenvalue weighted by Crippen LogP contribution is -2.24. The second kappa shape index (κ2) is 6.96. The van der Waals surface area contributed by atoms with Crippen LogP contribution >= 0.6 is 0 Å². The van der Waals surface area contributed by atoms with Crippen molar-refractivity contribution in [3.63, 3.8) is 0 Å². The maximum Gasteiger partial charge on any atom is 0.135 e. The number of ether oxygens (including phenoxy) is 2. The van der Waals surface area contributed by atoms with E-state index in [2.05, 4.69) is 13.8 Å². The van der Waals surface area contributed by atoms with Gasteiger partial charge in [0, 0.05) is 19.4 Å². The summed E-state index contributed by atoms with van der Waals surface area (Å²) in [5.41, 5.74) is 0. The highest BCUT2D eigenvalue weighted by Crippen LogP contribution is 2.17. The molecule has 1 aliphatic carbocycles. The van der Waals surface area contributed by atoms with Crippen molar-refractivity contribution in [2.24, 2.45) is 5.92 Å². The first-order chi connectivity index (χ1) is 7.18. The van der Waals surface area contributed by atoms with Crippen molar-refractivity contribution >= 4 is 5.78 Å². The number of hydrogen-bond acceptors (Lipinski definition) is 3. The monoisotopic (exact) mass is 214 g/mol. The van der Waals surface area contributed by atoms with Crippen LogP contribution in [0.5, 0.6) is 0 Å². The fourth-order valence-corrected chi connectivity index (χ4v) is 1.72. The van der Waals surface area contributed by atoms with E-state index in [9.17, 15) is 4.79 Å². The van der Waals surface area contributed by atoms with Gasteiger partial charge in [-0.25, -0.2) is 0 Å². The first-order valence-electron chi connectivity index (χ1n) is 5.89. The van der Waals surface area contributed by atoms with Gasteiger partial charge in [0.15, 0.2) is 0 Å². The van der Waals surface area contributed by atoms with Crippen molar-refractivity contribution in [2.75, 3.05) is 19.8 Å². The summed E-state index contributed by atoms with van der Waals surface area (Å²) in [5.74, 6) is 0.913. The molecule has 0 aromatic rings. The zero-order valence-corrected chi connectivity index (χ0v) is 9.83. The van der Waals surface area contributed by atoms with Gasteiger partial charge in [-0.05, 0) is 18.8 Å². The molecule has 0 saturated heterocycles. The minimum atomic E-state index is 0.147. The van der Waals surface area contributed by atoms with Crippen LogP contribution in [0.25, 0.3) is 0 Å². The van der Waals surface area contributed by atoms with Crippen molar-refractivity contribution in [1.82, 2.24) is 0 Å². The van der Waals surface area contributed by atoms with E-state index in [0.29, 0.717) is 31.3 Å². The van der Waals surface area contributed by atoms with Crippen molar-refractivity contribution < 1.29 is 14.3 Å². The van der Waals surface area contributed by atoms with E-state index in [-0.39, 0.29) is 6.10 Å². The quantitative estimate of drug-likeness (QED) is 0.636. The predicted octanol–water partition coefficient (Wildman–Crippen LogP) is 2.19. The van der Waals surface area contributed by atoms with Gasteiger partial charge in [-0.3, -0.25) is 4.79 Å². The summed E-state index contributed by atoms with van der Waals surface area (Å²) >= 11 is 0. The molecule has 88 valence electrons. The highest BCUT2D eigenvalue weighted by molar-refractivity contribution is 5.79. The van der Waals surface area contributed by atoms with Gasteiger partial charge in [-0.1, -0.05) is 13.8 Å². The maximum absolute atomic E-state index is 11.1. The molecule has 0 radical (unpaired) electrons. The molecule has 0 aromatic heterocycles. The molecule has 0 aromatic carbocycles. The highest BCUT2D eigenvalue weighted by Gasteiger charge is 2.19. The normalized spacial score (nSPS) is 22.3. The van der Waals surface area contributed by atoms with Gasteiger partial charge in [0.2, 0.25) is 0 Å². The molecule has 1 fully saturated rings. The summed E-state index contributed by atoms with van der Waals surface area (Å²) in [6.45, 7) is 6.29. The number of hydrogen-bond donors (Lipinski definition) is 0. The lowest BCUT2D eigenvalue weighted by atomic mass is 9.96. The maximum atomic E-state index is 11.1. The zero-order valence-electron chi connectivity index (χ0n) is 9.83. The van der Waals surface area contributed by atoms with Crippen LogP contribution in [0.3, 0.4) is 0 Å².